The van der Waals surface area contributed by atoms with Crippen molar-refractivity contribution in [3.8, 4) is 0 Å². The molecule has 2 aliphatic carbocycles. The maximum absolute atomic E-state index is 6.77. The summed E-state index contributed by atoms with van der Waals surface area (Å²) in [7, 11) is -2.00. The Labute approximate surface area is 157 Å². The monoisotopic (exact) mass is 371 g/mol. The van der Waals surface area contributed by atoms with Crippen molar-refractivity contribution >= 4 is 22.3 Å². The molecule has 0 heterocycles. The van der Waals surface area contributed by atoms with Gasteiger partial charge in [0.2, 0.25) is 0 Å². The van der Waals surface area contributed by atoms with Crippen molar-refractivity contribution in [3.05, 3.63) is 43.0 Å². The number of hydrogen-bond donors (Lipinski definition) is 0. The molecule has 3 rings (SSSR count). The number of fused-ring (bicyclic) bond motifs is 1. The van der Waals surface area contributed by atoms with E-state index in [-0.39, 0.29) is 5.60 Å². The lowest BCUT2D eigenvalue weighted by Crippen LogP contribution is -2.47. The largest absolute Gasteiger partial charge is 0.408 e. The molecule has 1 aromatic rings. The van der Waals surface area contributed by atoms with Gasteiger partial charge in [-0.1, -0.05) is 67.0 Å². The first-order valence-electron chi connectivity index (χ1n) is 10.1. The molecular formula is C22H35OSi2. The highest BCUT2D eigenvalue weighted by Gasteiger charge is 2.52. The van der Waals surface area contributed by atoms with Crippen LogP contribution in [0.1, 0.15) is 32.1 Å². The van der Waals surface area contributed by atoms with Crippen LogP contribution in [0.5, 0.6) is 0 Å². The summed E-state index contributed by atoms with van der Waals surface area (Å²) in [4.78, 5) is 0. The molecule has 4 atom stereocenters. The minimum Gasteiger partial charge on any atom is -0.408 e. The first-order chi connectivity index (χ1) is 11.8. The normalized spacial score (nSPS) is 32.6. The highest BCUT2D eigenvalue weighted by atomic mass is 28.4. The van der Waals surface area contributed by atoms with E-state index in [1.165, 1.54) is 38.1 Å². The average Bonchev–Trinajstić information content (AvgIpc) is 2.94. The Bertz CT molecular complexity index is 579. The lowest BCUT2D eigenvalue weighted by Gasteiger charge is -2.44. The van der Waals surface area contributed by atoms with E-state index in [4.69, 9.17) is 4.43 Å². The highest BCUT2D eigenvalue weighted by Crippen LogP contribution is 2.54. The quantitative estimate of drug-likeness (QED) is 0.466. The van der Waals surface area contributed by atoms with Gasteiger partial charge in [-0.05, 0) is 56.7 Å². The van der Waals surface area contributed by atoms with Crippen LogP contribution in [0.4, 0.5) is 0 Å². The SMILES string of the molecule is C=C[C@]1(O[Si](C)(C)C)CC[C@@H]2[C@@H](C[Si](C)c3ccccc3)CCC[C@H]21. The smallest absolute Gasteiger partial charge is 0.184 e. The van der Waals surface area contributed by atoms with E-state index in [1.54, 1.807) is 5.19 Å². The molecule has 0 aliphatic heterocycles. The van der Waals surface area contributed by atoms with Crippen LogP contribution in [0.15, 0.2) is 43.0 Å². The molecule has 137 valence electrons. The summed E-state index contributed by atoms with van der Waals surface area (Å²) < 4.78 is 6.77. The van der Waals surface area contributed by atoms with Gasteiger partial charge in [0.15, 0.2) is 8.32 Å². The van der Waals surface area contributed by atoms with E-state index < -0.39 is 17.1 Å². The Morgan fingerprint density at radius 2 is 1.92 bits per heavy atom. The average molecular weight is 372 g/mol. The summed E-state index contributed by atoms with van der Waals surface area (Å²) in [5.74, 6) is 2.46. The maximum Gasteiger partial charge on any atom is 0.184 e. The van der Waals surface area contributed by atoms with Crippen molar-refractivity contribution < 1.29 is 4.43 Å². The summed E-state index contributed by atoms with van der Waals surface area (Å²) in [5.41, 5.74) is -0.0266. The van der Waals surface area contributed by atoms with Crippen LogP contribution in [0, 0.1) is 17.8 Å². The van der Waals surface area contributed by atoms with E-state index >= 15 is 0 Å². The Morgan fingerprint density at radius 3 is 2.56 bits per heavy atom. The molecule has 0 saturated heterocycles. The highest BCUT2D eigenvalue weighted by molar-refractivity contribution is 6.72. The Kier molecular flexibility index (Phi) is 5.76. The fourth-order valence-corrected chi connectivity index (χ4v) is 9.22. The number of rotatable bonds is 6. The molecule has 2 aliphatic rings. The zero-order valence-corrected chi connectivity index (χ0v) is 18.6. The van der Waals surface area contributed by atoms with Crippen LogP contribution >= 0.6 is 0 Å². The predicted molar refractivity (Wildman–Crippen MR) is 113 cm³/mol. The molecule has 25 heavy (non-hydrogen) atoms. The van der Waals surface area contributed by atoms with Gasteiger partial charge >= 0.3 is 0 Å². The van der Waals surface area contributed by atoms with Gasteiger partial charge in [-0.2, -0.15) is 0 Å². The Balaban J connectivity index is 1.74. The van der Waals surface area contributed by atoms with E-state index in [9.17, 15) is 0 Å². The Morgan fingerprint density at radius 1 is 1.20 bits per heavy atom. The van der Waals surface area contributed by atoms with Crippen LogP contribution in [-0.2, 0) is 4.43 Å². The molecule has 1 nitrogen and oxygen atoms in total. The summed E-state index contributed by atoms with van der Waals surface area (Å²) >= 11 is 0. The van der Waals surface area contributed by atoms with Gasteiger partial charge in [-0.15, -0.1) is 6.58 Å². The van der Waals surface area contributed by atoms with Crippen molar-refractivity contribution in [2.45, 2.75) is 69.9 Å². The molecular weight excluding hydrogens is 336 g/mol. The van der Waals surface area contributed by atoms with Gasteiger partial charge in [0, 0.05) is 0 Å². The van der Waals surface area contributed by atoms with Crippen LogP contribution in [0.3, 0.4) is 0 Å². The van der Waals surface area contributed by atoms with Crippen molar-refractivity contribution in [2.24, 2.45) is 17.8 Å². The molecule has 0 unspecified atom stereocenters. The molecule has 1 aromatic carbocycles. The lowest BCUT2D eigenvalue weighted by molar-refractivity contribution is 0.0288. The van der Waals surface area contributed by atoms with Crippen LogP contribution in [0.25, 0.3) is 0 Å². The molecule has 0 spiro atoms. The fourth-order valence-electron chi connectivity index (χ4n) is 5.46. The summed E-state index contributed by atoms with van der Waals surface area (Å²) in [6.07, 6.45) is 8.87. The second kappa shape index (κ2) is 7.54. The molecule has 1 radical (unpaired) electrons. The van der Waals surface area contributed by atoms with E-state index in [0.717, 1.165) is 11.8 Å². The third-order valence-corrected chi connectivity index (χ3v) is 9.83. The van der Waals surface area contributed by atoms with Crippen LogP contribution in [0.2, 0.25) is 32.2 Å². The first kappa shape index (κ1) is 19.1. The van der Waals surface area contributed by atoms with E-state index in [2.05, 4.69) is 69.2 Å². The molecule has 0 bridgehead atoms. The zero-order valence-electron chi connectivity index (χ0n) is 16.6. The summed E-state index contributed by atoms with van der Waals surface area (Å²) in [5, 5.41) is 1.60. The Hall–Kier alpha value is -0.646. The topological polar surface area (TPSA) is 9.23 Å². The van der Waals surface area contributed by atoms with Gasteiger partial charge in [0.05, 0.1) is 14.4 Å². The zero-order chi connectivity index (χ0) is 18.1. The van der Waals surface area contributed by atoms with Gasteiger partial charge in [0.25, 0.3) is 0 Å². The van der Waals surface area contributed by atoms with Crippen LogP contribution in [-0.4, -0.2) is 22.7 Å². The number of benzene rings is 1. The molecule has 0 N–H and O–H groups in total. The summed E-state index contributed by atoms with van der Waals surface area (Å²) in [6.45, 7) is 13.7. The van der Waals surface area contributed by atoms with Crippen molar-refractivity contribution in [3.63, 3.8) is 0 Å². The van der Waals surface area contributed by atoms with Gasteiger partial charge < -0.3 is 4.43 Å². The molecule has 0 aromatic heterocycles. The van der Waals surface area contributed by atoms with Crippen molar-refractivity contribution in [1.82, 2.24) is 0 Å². The third-order valence-electron chi connectivity index (χ3n) is 6.39. The van der Waals surface area contributed by atoms with Crippen molar-refractivity contribution in [1.29, 1.82) is 0 Å². The standard InChI is InChI=1S/C22H35OSi2/c1-6-22(23-25(3,4)5)16-15-20-18(11-10-14-21(20)22)17-24(2)19-12-8-7-9-13-19/h6-9,12-13,18,20-21H,1,10-11,14-17H2,2-5H3/t18-,20-,21-,22+/m1/s1. The maximum atomic E-state index is 6.77. The van der Waals surface area contributed by atoms with E-state index in [1.807, 2.05) is 0 Å². The molecule has 2 fully saturated rings. The summed E-state index contributed by atoms with van der Waals surface area (Å²) in [6, 6.07) is 12.6. The predicted octanol–water partition coefficient (Wildman–Crippen LogP) is 5.62. The fraction of sp³-hybridized carbons (Fsp3) is 0.636. The molecule has 3 heteroatoms. The van der Waals surface area contributed by atoms with E-state index in [0.29, 0.717) is 5.92 Å². The second-order valence-electron chi connectivity index (χ2n) is 9.22. The second-order valence-corrected chi connectivity index (χ2v) is 16.2. The third kappa shape index (κ3) is 4.20. The molecule has 2 saturated carbocycles. The minimum absolute atomic E-state index is 0.0266. The first-order valence-corrected chi connectivity index (χ1v) is 15.7. The minimum atomic E-state index is -1.56. The molecule has 0 amide bonds. The lowest BCUT2D eigenvalue weighted by atomic mass is 9.71. The number of hydrogen-bond acceptors (Lipinski definition) is 1. The van der Waals surface area contributed by atoms with Gasteiger partial charge in [-0.3, -0.25) is 0 Å². The van der Waals surface area contributed by atoms with Crippen molar-refractivity contribution in [2.75, 3.05) is 0 Å². The van der Waals surface area contributed by atoms with Crippen LogP contribution < -0.4 is 5.19 Å². The van der Waals surface area contributed by atoms with Gasteiger partial charge in [-0.25, -0.2) is 0 Å². The van der Waals surface area contributed by atoms with Gasteiger partial charge in [0.1, 0.15) is 0 Å².